The molecule has 1 aromatic heterocycles. The summed E-state index contributed by atoms with van der Waals surface area (Å²) in [6.07, 6.45) is 0. The van der Waals surface area contributed by atoms with Crippen LogP contribution in [-0.4, -0.2) is 18.9 Å². The molecule has 3 rings (SSSR count). The summed E-state index contributed by atoms with van der Waals surface area (Å²) in [5.74, 6) is 1.01. The van der Waals surface area contributed by atoms with Gasteiger partial charge in [-0.2, -0.15) is 0 Å². The Labute approximate surface area is 127 Å². The maximum atomic E-state index is 5.99. The number of aliphatic imine (C=N–C) groups is 1. The van der Waals surface area contributed by atoms with Crippen molar-refractivity contribution in [1.82, 2.24) is 5.32 Å². The smallest absolute Gasteiger partial charge is 0.128 e. The lowest BCUT2D eigenvalue weighted by Gasteiger charge is -2.08. The fraction of sp³-hybridized carbons (Fsp3) is 0.214. The first-order valence-corrected chi connectivity index (χ1v) is 7.08. The van der Waals surface area contributed by atoms with E-state index in [1.807, 2.05) is 6.07 Å². The van der Waals surface area contributed by atoms with Crippen molar-refractivity contribution >= 4 is 41.2 Å². The van der Waals surface area contributed by atoms with E-state index in [1.165, 1.54) is 21.6 Å². The van der Waals surface area contributed by atoms with E-state index in [2.05, 4.69) is 41.5 Å². The summed E-state index contributed by atoms with van der Waals surface area (Å²) in [6.45, 7) is 3.91. The number of rotatable bonds is 2. The van der Waals surface area contributed by atoms with Gasteiger partial charge in [-0.25, -0.2) is 0 Å². The van der Waals surface area contributed by atoms with Crippen molar-refractivity contribution in [1.29, 1.82) is 0 Å². The van der Waals surface area contributed by atoms with Gasteiger partial charge < -0.3 is 5.32 Å². The number of nitrogens with zero attached hydrogens (tertiary/aromatic N) is 1. The molecule has 0 atom stereocenters. The van der Waals surface area contributed by atoms with E-state index >= 15 is 0 Å². The number of aryl methyl sites for hydroxylation is 1. The van der Waals surface area contributed by atoms with Gasteiger partial charge in [-0.3, -0.25) is 4.99 Å². The van der Waals surface area contributed by atoms with Crippen molar-refractivity contribution in [2.24, 2.45) is 4.99 Å². The summed E-state index contributed by atoms with van der Waals surface area (Å²) in [5.41, 5.74) is 3.63. The third-order valence-corrected chi connectivity index (χ3v) is 4.30. The molecule has 1 N–H and O–H groups in total. The van der Waals surface area contributed by atoms with E-state index in [1.54, 1.807) is 11.3 Å². The van der Waals surface area contributed by atoms with Gasteiger partial charge in [0, 0.05) is 17.0 Å². The minimum atomic E-state index is 0. The van der Waals surface area contributed by atoms with Crippen LogP contribution in [0.15, 0.2) is 35.3 Å². The van der Waals surface area contributed by atoms with Crippen LogP contribution >= 0.6 is 35.3 Å². The average Bonchev–Trinajstić information content (AvgIpc) is 3.01. The van der Waals surface area contributed by atoms with Gasteiger partial charge in [-0.05, 0) is 36.2 Å². The summed E-state index contributed by atoms with van der Waals surface area (Å²) >= 11 is 7.59. The van der Waals surface area contributed by atoms with Gasteiger partial charge in [0.2, 0.25) is 0 Å². The quantitative estimate of drug-likeness (QED) is 0.885. The van der Waals surface area contributed by atoms with Crippen LogP contribution in [0.1, 0.15) is 11.1 Å². The molecular weight excluding hydrogens is 299 g/mol. The lowest BCUT2D eigenvalue weighted by atomic mass is 10.0. The van der Waals surface area contributed by atoms with E-state index in [0.29, 0.717) is 0 Å². The van der Waals surface area contributed by atoms with Crippen LogP contribution in [0.2, 0.25) is 4.34 Å². The van der Waals surface area contributed by atoms with E-state index < -0.39 is 0 Å². The van der Waals surface area contributed by atoms with Crippen LogP contribution in [0.4, 0.5) is 0 Å². The minimum absolute atomic E-state index is 0. The highest BCUT2D eigenvalue weighted by Gasteiger charge is 2.12. The van der Waals surface area contributed by atoms with E-state index in [-0.39, 0.29) is 12.4 Å². The Hall–Kier alpha value is -1.03. The Kier molecular flexibility index (Phi) is 4.50. The molecule has 1 aliphatic heterocycles. The molecule has 19 heavy (non-hydrogen) atoms. The van der Waals surface area contributed by atoms with Gasteiger partial charge in [-0.1, -0.05) is 23.7 Å². The molecule has 0 amide bonds. The van der Waals surface area contributed by atoms with E-state index in [0.717, 1.165) is 23.3 Å². The van der Waals surface area contributed by atoms with E-state index in [4.69, 9.17) is 11.6 Å². The Morgan fingerprint density at radius 1 is 1.26 bits per heavy atom. The number of thiophene rings is 1. The minimum Gasteiger partial charge on any atom is -0.368 e. The zero-order valence-electron chi connectivity index (χ0n) is 10.4. The fourth-order valence-electron chi connectivity index (χ4n) is 2.08. The molecule has 0 radical (unpaired) electrons. The molecule has 5 heteroatoms. The Morgan fingerprint density at radius 3 is 2.74 bits per heavy atom. The Balaban J connectivity index is 0.00000133. The monoisotopic (exact) mass is 312 g/mol. The molecule has 2 heterocycles. The van der Waals surface area contributed by atoms with Crippen LogP contribution in [0.25, 0.3) is 10.4 Å². The normalized spacial score (nSPS) is 13.7. The molecule has 2 aromatic rings. The van der Waals surface area contributed by atoms with Crippen LogP contribution in [0.3, 0.4) is 0 Å². The molecule has 0 unspecified atom stereocenters. The first-order valence-electron chi connectivity index (χ1n) is 5.89. The molecule has 0 saturated carbocycles. The molecule has 0 saturated heterocycles. The van der Waals surface area contributed by atoms with Crippen molar-refractivity contribution in [3.8, 4) is 10.4 Å². The summed E-state index contributed by atoms with van der Waals surface area (Å²) < 4.78 is 0.823. The first kappa shape index (κ1) is 14.4. The number of benzene rings is 1. The Bertz CT molecular complexity index is 620. The highest BCUT2D eigenvalue weighted by molar-refractivity contribution is 7.19. The van der Waals surface area contributed by atoms with Gasteiger partial charge in [0.05, 0.1) is 10.9 Å². The molecule has 2 nitrogen and oxygen atoms in total. The number of nitrogens with one attached hydrogen (secondary N) is 1. The first-order chi connectivity index (χ1) is 8.74. The molecule has 0 spiro atoms. The molecule has 0 fully saturated rings. The van der Waals surface area contributed by atoms with E-state index in [9.17, 15) is 0 Å². The number of hydrogen-bond acceptors (Lipinski definition) is 3. The molecule has 0 bridgehead atoms. The van der Waals surface area contributed by atoms with Gasteiger partial charge in [-0.15, -0.1) is 23.7 Å². The van der Waals surface area contributed by atoms with Crippen molar-refractivity contribution < 1.29 is 0 Å². The van der Waals surface area contributed by atoms with Crippen LogP contribution < -0.4 is 5.32 Å². The number of amidine groups is 1. The highest BCUT2D eigenvalue weighted by atomic mass is 35.5. The van der Waals surface area contributed by atoms with Gasteiger partial charge in [0.1, 0.15) is 5.84 Å². The number of hydrogen-bond donors (Lipinski definition) is 1. The van der Waals surface area contributed by atoms with Gasteiger partial charge >= 0.3 is 0 Å². The van der Waals surface area contributed by atoms with Crippen LogP contribution in [0.5, 0.6) is 0 Å². The lowest BCUT2D eigenvalue weighted by molar-refractivity contribution is 0.959. The Morgan fingerprint density at radius 2 is 2.11 bits per heavy atom. The molecule has 0 aliphatic carbocycles. The zero-order valence-corrected chi connectivity index (χ0v) is 12.8. The molecule has 1 aromatic carbocycles. The summed E-state index contributed by atoms with van der Waals surface area (Å²) in [4.78, 5) is 5.68. The highest BCUT2D eigenvalue weighted by Crippen LogP contribution is 2.32. The maximum absolute atomic E-state index is 5.99. The summed E-state index contributed by atoms with van der Waals surface area (Å²) in [5, 5.41) is 3.32. The molecule has 1 aliphatic rings. The zero-order chi connectivity index (χ0) is 12.5. The second kappa shape index (κ2) is 5.95. The topological polar surface area (TPSA) is 24.4 Å². The maximum Gasteiger partial charge on any atom is 0.128 e. The second-order valence-corrected chi connectivity index (χ2v) is 6.01. The van der Waals surface area contributed by atoms with Gasteiger partial charge in [0.15, 0.2) is 0 Å². The SMILES string of the molecule is Cc1ccc(-c2ccc(Cl)s2)cc1C1=NCCN1.Cl. The van der Waals surface area contributed by atoms with Crippen molar-refractivity contribution in [3.05, 3.63) is 45.8 Å². The van der Waals surface area contributed by atoms with Gasteiger partial charge in [0.25, 0.3) is 0 Å². The largest absolute Gasteiger partial charge is 0.368 e. The third kappa shape index (κ3) is 2.94. The van der Waals surface area contributed by atoms with Crippen LogP contribution in [-0.2, 0) is 0 Å². The third-order valence-electron chi connectivity index (χ3n) is 3.02. The molecule has 100 valence electrons. The molecular formula is C14H14Cl2N2S. The summed E-state index contributed by atoms with van der Waals surface area (Å²) in [6, 6.07) is 10.5. The van der Waals surface area contributed by atoms with Crippen molar-refractivity contribution in [2.45, 2.75) is 6.92 Å². The van der Waals surface area contributed by atoms with Crippen LogP contribution in [0, 0.1) is 6.92 Å². The number of halogens is 2. The predicted molar refractivity (Wildman–Crippen MR) is 86.2 cm³/mol. The van der Waals surface area contributed by atoms with Crippen molar-refractivity contribution in [2.75, 3.05) is 13.1 Å². The van der Waals surface area contributed by atoms with Crippen molar-refractivity contribution in [3.63, 3.8) is 0 Å². The lowest BCUT2D eigenvalue weighted by Crippen LogP contribution is -2.20. The second-order valence-electron chi connectivity index (χ2n) is 4.29. The summed E-state index contributed by atoms with van der Waals surface area (Å²) in [7, 11) is 0. The average molecular weight is 313 g/mol. The fourth-order valence-corrected chi connectivity index (χ4v) is 3.12. The standard InChI is InChI=1S/C14H13ClN2S.ClH/c1-9-2-3-10(12-4-5-13(15)18-12)8-11(9)14-16-6-7-17-14;/h2-5,8H,6-7H2,1H3,(H,16,17);1H. The predicted octanol–water partition coefficient (Wildman–Crippen LogP) is 4.15.